The molecule has 0 bridgehead atoms. The maximum atomic E-state index is 8.41. The second kappa shape index (κ2) is 3.41. The van der Waals surface area contributed by atoms with Crippen LogP contribution in [0.25, 0.3) is 11.2 Å². The van der Waals surface area contributed by atoms with E-state index in [2.05, 4.69) is 19.9 Å². The van der Waals surface area contributed by atoms with E-state index in [-0.39, 0.29) is 0 Å². The van der Waals surface area contributed by atoms with Crippen molar-refractivity contribution in [2.24, 2.45) is 0 Å². The standard InChI is InChI=1S/C7H5N5S/c8-1-2-13-7-5-6(10-3-9-5)11-4-12-7/h3-4H,2H2,(H,9,10,11,12). The van der Waals surface area contributed by atoms with Crippen molar-refractivity contribution in [3.63, 3.8) is 0 Å². The number of nitrogens with one attached hydrogen (secondary N) is 1. The van der Waals surface area contributed by atoms with Gasteiger partial charge in [-0.2, -0.15) is 5.26 Å². The normalized spacial score (nSPS) is 10.1. The summed E-state index contributed by atoms with van der Waals surface area (Å²) in [6.07, 6.45) is 3.01. The van der Waals surface area contributed by atoms with Gasteiger partial charge in [-0.25, -0.2) is 15.0 Å². The molecule has 2 heterocycles. The van der Waals surface area contributed by atoms with Gasteiger partial charge >= 0.3 is 0 Å². The predicted octanol–water partition coefficient (Wildman–Crippen LogP) is 0.969. The number of fused-ring (bicyclic) bond motifs is 1. The number of thioether (sulfide) groups is 1. The maximum absolute atomic E-state index is 8.41. The van der Waals surface area contributed by atoms with Crippen LogP contribution < -0.4 is 0 Å². The third kappa shape index (κ3) is 1.46. The third-order valence-electron chi connectivity index (χ3n) is 1.46. The molecule has 0 amide bonds. The molecule has 0 aromatic carbocycles. The van der Waals surface area contributed by atoms with Crippen molar-refractivity contribution in [1.82, 2.24) is 19.9 Å². The number of nitriles is 1. The lowest BCUT2D eigenvalue weighted by molar-refractivity contribution is 1.09. The molecule has 0 saturated carbocycles. The molecule has 0 saturated heterocycles. The first-order valence-electron chi connectivity index (χ1n) is 3.55. The second-order valence-corrected chi connectivity index (χ2v) is 3.19. The highest BCUT2D eigenvalue weighted by Crippen LogP contribution is 2.20. The minimum atomic E-state index is 0.380. The molecule has 0 aliphatic carbocycles. The minimum Gasteiger partial charge on any atom is -0.341 e. The first-order valence-corrected chi connectivity index (χ1v) is 4.54. The average molecular weight is 191 g/mol. The Labute approximate surface area is 78.2 Å². The monoisotopic (exact) mass is 191 g/mol. The highest BCUT2D eigenvalue weighted by atomic mass is 32.2. The summed E-state index contributed by atoms with van der Waals surface area (Å²) in [6, 6.07) is 2.04. The van der Waals surface area contributed by atoms with Crippen molar-refractivity contribution < 1.29 is 0 Å². The molecule has 6 heteroatoms. The lowest BCUT2D eigenvalue weighted by atomic mass is 10.6. The Morgan fingerprint density at radius 1 is 1.46 bits per heavy atom. The molecule has 2 aromatic heterocycles. The number of nitrogens with zero attached hydrogens (tertiary/aromatic N) is 4. The third-order valence-corrected chi connectivity index (χ3v) is 2.32. The summed E-state index contributed by atoms with van der Waals surface area (Å²) in [4.78, 5) is 14.9. The van der Waals surface area contributed by atoms with E-state index >= 15 is 0 Å². The number of imidazole rings is 1. The lowest BCUT2D eigenvalue weighted by Gasteiger charge is -1.95. The van der Waals surface area contributed by atoms with E-state index in [9.17, 15) is 0 Å². The van der Waals surface area contributed by atoms with Crippen molar-refractivity contribution in [1.29, 1.82) is 5.26 Å². The Bertz CT molecular complexity index is 457. The molecular weight excluding hydrogens is 186 g/mol. The van der Waals surface area contributed by atoms with E-state index in [1.807, 2.05) is 6.07 Å². The van der Waals surface area contributed by atoms with Gasteiger partial charge in [0, 0.05) is 0 Å². The second-order valence-electron chi connectivity index (χ2n) is 2.23. The molecule has 2 rings (SSSR count). The lowest BCUT2D eigenvalue weighted by Crippen LogP contribution is -1.86. The molecule has 5 nitrogen and oxygen atoms in total. The zero-order valence-electron chi connectivity index (χ0n) is 6.56. The number of aromatic amines is 1. The Hall–Kier alpha value is -1.61. The Morgan fingerprint density at radius 2 is 2.38 bits per heavy atom. The summed E-state index contributed by atoms with van der Waals surface area (Å²) in [5.41, 5.74) is 1.43. The van der Waals surface area contributed by atoms with Gasteiger partial charge in [0.15, 0.2) is 5.65 Å². The van der Waals surface area contributed by atoms with Crippen LogP contribution in [-0.2, 0) is 0 Å². The molecule has 2 aromatic rings. The van der Waals surface area contributed by atoms with Crippen LogP contribution in [-0.4, -0.2) is 25.7 Å². The first kappa shape index (κ1) is 8.01. The van der Waals surface area contributed by atoms with Crippen molar-refractivity contribution >= 4 is 22.9 Å². The molecule has 0 radical (unpaired) electrons. The van der Waals surface area contributed by atoms with E-state index in [1.54, 1.807) is 6.33 Å². The van der Waals surface area contributed by atoms with Crippen molar-refractivity contribution in [3.8, 4) is 6.07 Å². The fourth-order valence-electron chi connectivity index (χ4n) is 0.953. The van der Waals surface area contributed by atoms with Gasteiger partial charge in [0.25, 0.3) is 0 Å². The van der Waals surface area contributed by atoms with E-state index in [0.717, 1.165) is 10.5 Å². The summed E-state index contributed by atoms with van der Waals surface area (Å²) in [6.45, 7) is 0. The van der Waals surface area contributed by atoms with Crippen LogP contribution in [0.3, 0.4) is 0 Å². The molecule has 13 heavy (non-hydrogen) atoms. The predicted molar refractivity (Wildman–Crippen MR) is 48.0 cm³/mol. The Morgan fingerprint density at radius 3 is 3.23 bits per heavy atom. The van der Waals surface area contributed by atoms with Crippen LogP contribution in [0.4, 0.5) is 0 Å². The molecule has 0 unspecified atom stereocenters. The van der Waals surface area contributed by atoms with Gasteiger partial charge in [0.1, 0.15) is 16.9 Å². The quantitative estimate of drug-likeness (QED) is 0.565. The van der Waals surface area contributed by atoms with Crippen molar-refractivity contribution in [2.75, 3.05) is 5.75 Å². The number of hydrogen-bond donors (Lipinski definition) is 1. The maximum Gasteiger partial charge on any atom is 0.181 e. The Balaban J connectivity index is 2.44. The van der Waals surface area contributed by atoms with Crippen LogP contribution in [0.1, 0.15) is 0 Å². The number of aromatic nitrogens is 4. The molecule has 0 atom stereocenters. The molecule has 64 valence electrons. The largest absolute Gasteiger partial charge is 0.341 e. The number of hydrogen-bond acceptors (Lipinski definition) is 5. The summed E-state index contributed by atoms with van der Waals surface area (Å²) in [5.74, 6) is 0.380. The highest BCUT2D eigenvalue weighted by molar-refractivity contribution is 7.99. The van der Waals surface area contributed by atoms with Crippen molar-refractivity contribution in [2.45, 2.75) is 5.03 Å². The van der Waals surface area contributed by atoms with E-state index in [0.29, 0.717) is 11.4 Å². The fraction of sp³-hybridized carbons (Fsp3) is 0.143. The van der Waals surface area contributed by atoms with Gasteiger partial charge < -0.3 is 4.98 Å². The molecular formula is C7H5N5S. The molecule has 0 spiro atoms. The smallest absolute Gasteiger partial charge is 0.181 e. The first-order chi connectivity index (χ1) is 6.42. The number of H-pyrrole nitrogens is 1. The summed E-state index contributed by atoms with van der Waals surface area (Å²) < 4.78 is 0. The molecule has 0 aliphatic heterocycles. The molecule has 0 fully saturated rings. The SMILES string of the molecule is N#CCSc1ncnc2nc[nH]c12. The van der Waals surface area contributed by atoms with E-state index in [4.69, 9.17) is 5.26 Å². The van der Waals surface area contributed by atoms with Gasteiger partial charge in [-0.05, 0) is 0 Å². The van der Waals surface area contributed by atoms with Crippen LogP contribution >= 0.6 is 11.8 Å². The zero-order chi connectivity index (χ0) is 9.10. The average Bonchev–Trinajstić information content (AvgIpc) is 2.62. The summed E-state index contributed by atoms with van der Waals surface area (Å²) in [5, 5.41) is 9.18. The van der Waals surface area contributed by atoms with Crippen LogP contribution in [0, 0.1) is 11.3 Å². The van der Waals surface area contributed by atoms with Crippen LogP contribution in [0.2, 0.25) is 0 Å². The van der Waals surface area contributed by atoms with Gasteiger partial charge in [0.05, 0.1) is 18.1 Å². The van der Waals surface area contributed by atoms with E-state index in [1.165, 1.54) is 18.1 Å². The van der Waals surface area contributed by atoms with Crippen LogP contribution in [0.5, 0.6) is 0 Å². The fourth-order valence-corrected chi connectivity index (χ4v) is 1.57. The topological polar surface area (TPSA) is 78.2 Å². The van der Waals surface area contributed by atoms with Gasteiger partial charge in [-0.3, -0.25) is 0 Å². The van der Waals surface area contributed by atoms with Gasteiger partial charge in [-0.1, -0.05) is 11.8 Å². The summed E-state index contributed by atoms with van der Waals surface area (Å²) in [7, 11) is 0. The zero-order valence-corrected chi connectivity index (χ0v) is 7.38. The molecule has 1 N–H and O–H groups in total. The molecule has 0 aliphatic rings. The van der Waals surface area contributed by atoms with Gasteiger partial charge in [-0.15, -0.1) is 0 Å². The van der Waals surface area contributed by atoms with E-state index < -0.39 is 0 Å². The van der Waals surface area contributed by atoms with Crippen LogP contribution in [0.15, 0.2) is 17.7 Å². The Kier molecular flexibility index (Phi) is 2.10. The minimum absolute atomic E-state index is 0.380. The highest BCUT2D eigenvalue weighted by Gasteiger charge is 2.04. The summed E-state index contributed by atoms with van der Waals surface area (Å²) >= 11 is 1.37. The van der Waals surface area contributed by atoms with Gasteiger partial charge in [0.2, 0.25) is 0 Å². The van der Waals surface area contributed by atoms with Crippen molar-refractivity contribution in [3.05, 3.63) is 12.7 Å². The number of rotatable bonds is 2.